The van der Waals surface area contributed by atoms with Crippen molar-refractivity contribution >= 4 is 23.5 Å². The minimum absolute atomic E-state index is 0.526. The predicted molar refractivity (Wildman–Crippen MR) is 171 cm³/mol. The van der Waals surface area contributed by atoms with Gasteiger partial charge in [-0.15, -0.1) is 0 Å². The summed E-state index contributed by atoms with van der Waals surface area (Å²) in [6.45, 7) is 9.39. The van der Waals surface area contributed by atoms with Gasteiger partial charge in [-0.1, -0.05) is 113 Å². The van der Waals surface area contributed by atoms with Crippen molar-refractivity contribution in [2.45, 2.75) is 65.8 Å². The summed E-state index contributed by atoms with van der Waals surface area (Å²) in [4.78, 5) is 2.60. The number of nitrogens with zero attached hydrogens (tertiary/aromatic N) is 1. The Labute approximate surface area is 237 Å². The summed E-state index contributed by atoms with van der Waals surface area (Å²) in [7, 11) is 0. The number of benzene rings is 2. The third-order valence-electron chi connectivity index (χ3n) is 8.90. The van der Waals surface area contributed by atoms with Crippen molar-refractivity contribution in [2.75, 3.05) is 4.90 Å². The second-order valence-electron chi connectivity index (χ2n) is 12.2. The molecule has 0 radical (unpaired) electrons. The SMILES string of the molecule is CC1C=CC(C=Cc2ccc(N(c3ccc(/C=C\C4=CCC(C)C=C4)cc3)C3CCC(C)C(C)C3)cc2)=CC1. The molecule has 0 saturated heterocycles. The third-order valence-corrected chi connectivity index (χ3v) is 8.90. The lowest BCUT2D eigenvalue weighted by Crippen LogP contribution is -2.37. The van der Waals surface area contributed by atoms with E-state index < -0.39 is 0 Å². The molecule has 3 aliphatic carbocycles. The Morgan fingerprint density at radius 2 is 1.08 bits per heavy atom. The van der Waals surface area contributed by atoms with Gasteiger partial charge in [0, 0.05) is 17.4 Å². The van der Waals surface area contributed by atoms with E-state index in [-0.39, 0.29) is 0 Å². The number of hydrogen-bond donors (Lipinski definition) is 0. The smallest absolute Gasteiger partial charge is 0.0413 e. The number of allylic oxidation sites excluding steroid dienone is 10. The van der Waals surface area contributed by atoms with Crippen LogP contribution in [0, 0.1) is 23.7 Å². The van der Waals surface area contributed by atoms with E-state index in [1.54, 1.807) is 0 Å². The molecule has 2 aromatic carbocycles. The van der Waals surface area contributed by atoms with Crippen LogP contribution in [0.1, 0.15) is 70.9 Å². The molecule has 0 bridgehead atoms. The van der Waals surface area contributed by atoms with E-state index in [1.807, 2.05) is 0 Å². The Kier molecular flexibility index (Phi) is 8.87. The van der Waals surface area contributed by atoms with Crippen molar-refractivity contribution in [1.29, 1.82) is 0 Å². The number of hydrogen-bond acceptors (Lipinski definition) is 1. The molecule has 0 amide bonds. The number of rotatable bonds is 7. The molecule has 1 nitrogen and oxygen atoms in total. The van der Waals surface area contributed by atoms with Crippen molar-refractivity contribution in [3.63, 3.8) is 0 Å². The largest absolute Gasteiger partial charge is 0.338 e. The van der Waals surface area contributed by atoms with Gasteiger partial charge in [0.05, 0.1) is 0 Å². The van der Waals surface area contributed by atoms with Crippen molar-refractivity contribution in [2.24, 2.45) is 23.7 Å². The van der Waals surface area contributed by atoms with Crippen LogP contribution in [0.3, 0.4) is 0 Å². The van der Waals surface area contributed by atoms with Gasteiger partial charge >= 0.3 is 0 Å². The molecule has 1 saturated carbocycles. The Bertz CT molecular complexity index is 1190. The van der Waals surface area contributed by atoms with Gasteiger partial charge in [-0.05, 0) is 102 Å². The first-order valence-electron chi connectivity index (χ1n) is 15.1. The van der Waals surface area contributed by atoms with Crippen molar-refractivity contribution in [1.82, 2.24) is 0 Å². The van der Waals surface area contributed by atoms with Crippen LogP contribution in [0.5, 0.6) is 0 Å². The average molecular weight is 516 g/mol. The third kappa shape index (κ3) is 7.21. The number of anilines is 2. The topological polar surface area (TPSA) is 3.24 Å². The minimum atomic E-state index is 0.526. The minimum Gasteiger partial charge on any atom is -0.338 e. The van der Waals surface area contributed by atoms with Crippen LogP contribution in [0.15, 0.2) is 108 Å². The molecule has 5 atom stereocenters. The molecule has 3 aliphatic rings. The molecule has 0 aromatic heterocycles. The van der Waals surface area contributed by atoms with E-state index in [1.165, 1.54) is 52.9 Å². The van der Waals surface area contributed by atoms with Crippen LogP contribution in [0.25, 0.3) is 12.2 Å². The molecular weight excluding hydrogens is 470 g/mol. The molecule has 39 heavy (non-hydrogen) atoms. The molecule has 0 N–H and O–H groups in total. The standard InChI is InChI=1S/C38H45N/c1-28-5-10-32(11-6-28)14-16-34-18-23-36(24-19-34)39(38-22-9-30(3)31(4)27-38)37-25-20-35(21-26-37)17-15-33-12-7-29(2)8-13-33/h5,7,10-21,23-26,28-31,38H,6,8-9,22,27H2,1-4H3/b16-14-,17-15?. The van der Waals surface area contributed by atoms with Gasteiger partial charge < -0.3 is 4.90 Å². The molecule has 0 spiro atoms. The fourth-order valence-electron chi connectivity index (χ4n) is 5.94. The maximum Gasteiger partial charge on any atom is 0.0413 e. The van der Waals surface area contributed by atoms with Gasteiger partial charge in [0.2, 0.25) is 0 Å². The maximum absolute atomic E-state index is 2.60. The summed E-state index contributed by atoms with van der Waals surface area (Å²) < 4.78 is 0. The van der Waals surface area contributed by atoms with E-state index in [9.17, 15) is 0 Å². The molecule has 0 aliphatic heterocycles. The molecule has 202 valence electrons. The fourth-order valence-corrected chi connectivity index (χ4v) is 5.94. The first-order chi connectivity index (χ1) is 18.9. The van der Waals surface area contributed by atoms with Crippen molar-refractivity contribution < 1.29 is 0 Å². The van der Waals surface area contributed by atoms with E-state index >= 15 is 0 Å². The van der Waals surface area contributed by atoms with E-state index in [0.717, 1.165) is 24.7 Å². The normalized spacial score (nSPS) is 27.1. The highest BCUT2D eigenvalue weighted by Crippen LogP contribution is 2.38. The summed E-state index contributed by atoms with van der Waals surface area (Å²) in [6, 6.07) is 18.9. The van der Waals surface area contributed by atoms with Crippen LogP contribution >= 0.6 is 0 Å². The molecule has 1 heteroatoms. The van der Waals surface area contributed by atoms with Crippen molar-refractivity contribution in [3.8, 4) is 0 Å². The van der Waals surface area contributed by atoms with Gasteiger partial charge in [-0.2, -0.15) is 0 Å². The summed E-state index contributed by atoms with van der Waals surface area (Å²) in [6.07, 6.45) is 28.8. The first kappa shape index (κ1) is 27.3. The summed E-state index contributed by atoms with van der Waals surface area (Å²) in [5.41, 5.74) is 7.70. The predicted octanol–water partition coefficient (Wildman–Crippen LogP) is 10.7. The van der Waals surface area contributed by atoms with E-state index in [0.29, 0.717) is 17.9 Å². The monoisotopic (exact) mass is 515 g/mol. The molecular formula is C38H45N. The van der Waals surface area contributed by atoms with Crippen LogP contribution in [0.2, 0.25) is 0 Å². The van der Waals surface area contributed by atoms with Gasteiger partial charge in [0.1, 0.15) is 0 Å². The van der Waals surface area contributed by atoms with Gasteiger partial charge in [-0.25, -0.2) is 0 Å². The lowest BCUT2D eigenvalue weighted by Gasteiger charge is -2.40. The zero-order valence-electron chi connectivity index (χ0n) is 24.3. The van der Waals surface area contributed by atoms with Crippen LogP contribution in [-0.2, 0) is 0 Å². The van der Waals surface area contributed by atoms with Crippen molar-refractivity contribution in [3.05, 3.63) is 119 Å². The van der Waals surface area contributed by atoms with E-state index in [2.05, 4.69) is 142 Å². The summed E-state index contributed by atoms with van der Waals surface area (Å²) in [5.74, 6) is 2.85. The fraction of sp³-hybridized carbons (Fsp3) is 0.368. The van der Waals surface area contributed by atoms with Gasteiger partial charge in [0.25, 0.3) is 0 Å². The molecule has 5 unspecified atom stereocenters. The Morgan fingerprint density at radius 1 is 0.590 bits per heavy atom. The van der Waals surface area contributed by atoms with Crippen LogP contribution in [0.4, 0.5) is 11.4 Å². The lowest BCUT2D eigenvalue weighted by atomic mass is 9.78. The van der Waals surface area contributed by atoms with Gasteiger partial charge in [-0.3, -0.25) is 0 Å². The molecule has 0 heterocycles. The molecule has 1 fully saturated rings. The maximum atomic E-state index is 2.60. The zero-order chi connectivity index (χ0) is 27.2. The molecule has 5 rings (SSSR count). The quantitative estimate of drug-likeness (QED) is 0.354. The second-order valence-corrected chi connectivity index (χ2v) is 12.2. The highest BCUT2D eigenvalue weighted by Gasteiger charge is 2.29. The lowest BCUT2D eigenvalue weighted by molar-refractivity contribution is 0.250. The second kappa shape index (κ2) is 12.7. The first-order valence-corrected chi connectivity index (χ1v) is 15.1. The highest BCUT2D eigenvalue weighted by atomic mass is 15.2. The van der Waals surface area contributed by atoms with Crippen LogP contribution < -0.4 is 4.90 Å². The Hall–Kier alpha value is -3.32. The average Bonchev–Trinajstić information content (AvgIpc) is 2.96. The zero-order valence-corrected chi connectivity index (χ0v) is 24.3. The van der Waals surface area contributed by atoms with Gasteiger partial charge in [0.15, 0.2) is 0 Å². The van der Waals surface area contributed by atoms with E-state index in [4.69, 9.17) is 0 Å². The Balaban J connectivity index is 1.35. The Morgan fingerprint density at radius 3 is 1.49 bits per heavy atom. The summed E-state index contributed by atoms with van der Waals surface area (Å²) >= 11 is 0. The van der Waals surface area contributed by atoms with Crippen LogP contribution in [-0.4, -0.2) is 6.04 Å². The highest BCUT2D eigenvalue weighted by molar-refractivity contribution is 5.68. The summed E-state index contributed by atoms with van der Waals surface area (Å²) in [5, 5.41) is 0. The molecule has 2 aromatic rings.